The number of aromatic nitrogens is 3. The number of ether oxygens (including phenoxy) is 2. The highest BCUT2D eigenvalue weighted by Crippen LogP contribution is 2.33. The van der Waals surface area contributed by atoms with Crippen LogP contribution in [0.25, 0.3) is 0 Å². The van der Waals surface area contributed by atoms with E-state index in [2.05, 4.69) is 19.7 Å². The number of carboxylic acid groups (broad SMARTS) is 1. The summed E-state index contributed by atoms with van der Waals surface area (Å²) >= 11 is 0. The first-order valence-electron chi connectivity index (χ1n) is 8.91. The van der Waals surface area contributed by atoms with Gasteiger partial charge < -0.3 is 19.5 Å². The second-order valence-corrected chi connectivity index (χ2v) is 5.97. The third-order valence-corrected chi connectivity index (χ3v) is 3.96. The number of pyridine rings is 1. The number of benzene rings is 1. The lowest BCUT2D eigenvalue weighted by molar-refractivity contribution is -0.0518. The second-order valence-electron chi connectivity index (χ2n) is 5.97. The van der Waals surface area contributed by atoms with E-state index in [1.165, 1.54) is 30.6 Å². The summed E-state index contributed by atoms with van der Waals surface area (Å²) in [6.07, 6.45) is 4.66. The summed E-state index contributed by atoms with van der Waals surface area (Å²) in [4.78, 5) is 25.2. The van der Waals surface area contributed by atoms with E-state index in [0.29, 0.717) is 18.1 Å². The molecule has 1 N–H and O–H groups in total. The first-order valence-corrected chi connectivity index (χ1v) is 8.91. The van der Waals surface area contributed by atoms with E-state index >= 15 is 0 Å². The standard InChI is InChI=1S/C20H18F2N4O4/c1-2-29-18-16(30-20(21)22)7-8-17(25-18)26(11-13-9-23-12-24-10-13)15-5-3-14(4-6-15)19(27)28/h3-10,12,20H,2,11H2,1H3,(H,27,28). The highest BCUT2D eigenvalue weighted by atomic mass is 19.3. The van der Waals surface area contributed by atoms with Gasteiger partial charge in [0.2, 0.25) is 0 Å². The van der Waals surface area contributed by atoms with Gasteiger partial charge in [-0.3, -0.25) is 0 Å². The van der Waals surface area contributed by atoms with Gasteiger partial charge in [-0.15, -0.1) is 0 Å². The number of nitrogens with zero attached hydrogens (tertiary/aromatic N) is 4. The van der Waals surface area contributed by atoms with E-state index in [9.17, 15) is 13.6 Å². The molecule has 0 amide bonds. The maximum absolute atomic E-state index is 12.7. The van der Waals surface area contributed by atoms with Crippen LogP contribution < -0.4 is 14.4 Å². The minimum Gasteiger partial charge on any atom is -0.478 e. The van der Waals surface area contributed by atoms with Crippen LogP contribution in [0.4, 0.5) is 20.3 Å². The molecule has 2 heterocycles. The maximum atomic E-state index is 12.7. The minimum atomic E-state index is -3.02. The Hall–Kier alpha value is -3.82. The third kappa shape index (κ3) is 5.16. The first-order chi connectivity index (χ1) is 14.5. The fraction of sp³-hybridized carbons (Fsp3) is 0.200. The van der Waals surface area contributed by atoms with E-state index < -0.39 is 12.6 Å². The minimum absolute atomic E-state index is 0.0771. The van der Waals surface area contributed by atoms with Gasteiger partial charge in [-0.1, -0.05) is 0 Å². The van der Waals surface area contributed by atoms with Gasteiger partial charge in [-0.05, 0) is 43.3 Å². The molecule has 156 valence electrons. The zero-order valence-corrected chi connectivity index (χ0v) is 15.9. The highest BCUT2D eigenvalue weighted by molar-refractivity contribution is 5.88. The van der Waals surface area contributed by atoms with Crippen molar-refractivity contribution in [3.63, 3.8) is 0 Å². The van der Waals surface area contributed by atoms with Gasteiger partial charge in [0, 0.05) is 23.6 Å². The number of halogens is 2. The molecule has 0 fully saturated rings. The molecule has 0 spiro atoms. The average molecular weight is 416 g/mol. The number of anilines is 2. The molecule has 0 unspecified atom stereocenters. The number of carbonyl (C=O) groups is 1. The molecule has 30 heavy (non-hydrogen) atoms. The van der Waals surface area contributed by atoms with Crippen molar-refractivity contribution in [1.82, 2.24) is 15.0 Å². The molecular weight excluding hydrogens is 398 g/mol. The molecule has 0 bridgehead atoms. The lowest BCUT2D eigenvalue weighted by atomic mass is 10.2. The third-order valence-electron chi connectivity index (χ3n) is 3.96. The summed E-state index contributed by atoms with van der Waals surface area (Å²) in [5, 5.41) is 9.13. The summed E-state index contributed by atoms with van der Waals surface area (Å²) in [5.74, 6) is -0.923. The predicted octanol–water partition coefficient (Wildman–Crippen LogP) is 3.91. The van der Waals surface area contributed by atoms with Crippen molar-refractivity contribution in [2.75, 3.05) is 11.5 Å². The first kappa shape index (κ1) is 20.9. The van der Waals surface area contributed by atoms with Crippen molar-refractivity contribution >= 4 is 17.5 Å². The van der Waals surface area contributed by atoms with Crippen LogP contribution in [0.15, 0.2) is 55.1 Å². The highest BCUT2D eigenvalue weighted by Gasteiger charge is 2.18. The lowest BCUT2D eigenvalue weighted by Crippen LogP contribution is -2.19. The Balaban J connectivity index is 2.02. The molecule has 0 radical (unpaired) electrons. The Morgan fingerprint density at radius 2 is 1.83 bits per heavy atom. The summed E-state index contributed by atoms with van der Waals surface area (Å²) in [6, 6.07) is 9.03. The van der Waals surface area contributed by atoms with Crippen LogP contribution in [0.3, 0.4) is 0 Å². The van der Waals surface area contributed by atoms with Gasteiger partial charge in [0.1, 0.15) is 12.1 Å². The molecule has 3 rings (SSSR count). The Morgan fingerprint density at radius 3 is 2.43 bits per heavy atom. The van der Waals surface area contributed by atoms with E-state index in [1.807, 2.05) is 0 Å². The topological polar surface area (TPSA) is 97.7 Å². The Bertz CT molecular complexity index is 988. The van der Waals surface area contributed by atoms with Gasteiger partial charge >= 0.3 is 12.6 Å². The van der Waals surface area contributed by atoms with Gasteiger partial charge in [0.15, 0.2) is 5.75 Å². The van der Waals surface area contributed by atoms with Crippen LogP contribution in [-0.2, 0) is 6.54 Å². The van der Waals surface area contributed by atoms with Crippen molar-refractivity contribution in [3.8, 4) is 11.6 Å². The zero-order chi connectivity index (χ0) is 21.5. The quantitative estimate of drug-likeness (QED) is 0.561. The number of alkyl halides is 2. The largest absolute Gasteiger partial charge is 0.478 e. The van der Waals surface area contributed by atoms with Crippen molar-refractivity contribution in [3.05, 3.63) is 66.2 Å². The van der Waals surface area contributed by atoms with Gasteiger partial charge in [0.05, 0.1) is 18.7 Å². The van der Waals surface area contributed by atoms with Crippen molar-refractivity contribution in [1.29, 1.82) is 0 Å². The zero-order valence-electron chi connectivity index (χ0n) is 15.9. The molecule has 0 saturated heterocycles. The van der Waals surface area contributed by atoms with Crippen molar-refractivity contribution in [2.24, 2.45) is 0 Å². The molecule has 10 heteroatoms. The Kier molecular flexibility index (Phi) is 6.68. The molecule has 0 aliphatic rings. The van der Waals surface area contributed by atoms with E-state index in [4.69, 9.17) is 9.84 Å². The number of rotatable bonds is 9. The Labute approximate surface area is 170 Å². The molecule has 0 aliphatic carbocycles. The number of aromatic carboxylic acids is 1. The smallest absolute Gasteiger partial charge is 0.387 e. The van der Waals surface area contributed by atoms with Gasteiger partial charge in [-0.25, -0.2) is 14.8 Å². The predicted molar refractivity (Wildman–Crippen MR) is 103 cm³/mol. The van der Waals surface area contributed by atoms with E-state index in [1.54, 1.807) is 36.4 Å². The Morgan fingerprint density at radius 1 is 1.13 bits per heavy atom. The van der Waals surface area contributed by atoms with Gasteiger partial charge in [-0.2, -0.15) is 13.8 Å². The molecule has 0 saturated carbocycles. The van der Waals surface area contributed by atoms with Crippen LogP contribution in [0.1, 0.15) is 22.8 Å². The summed E-state index contributed by atoms with van der Waals surface area (Å²) in [6.45, 7) is -0.820. The molecule has 8 nitrogen and oxygen atoms in total. The summed E-state index contributed by atoms with van der Waals surface area (Å²) in [7, 11) is 0. The second kappa shape index (κ2) is 9.59. The van der Waals surface area contributed by atoms with Crippen LogP contribution in [0, 0.1) is 0 Å². The van der Waals surface area contributed by atoms with Crippen molar-refractivity contribution in [2.45, 2.75) is 20.1 Å². The molecule has 2 aromatic heterocycles. The van der Waals surface area contributed by atoms with Crippen LogP contribution in [0.5, 0.6) is 11.6 Å². The SMILES string of the molecule is CCOc1nc(N(Cc2cncnc2)c2ccc(C(=O)O)cc2)ccc1OC(F)F. The molecular formula is C20H18F2N4O4. The normalized spacial score (nSPS) is 10.7. The molecule has 3 aromatic rings. The number of carboxylic acids is 1. The average Bonchev–Trinajstić information content (AvgIpc) is 2.74. The monoisotopic (exact) mass is 416 g/mol. The molecule has 0 aliphatic heterocycles. The van der Waals surface area contributed by atoms with E-state index in [0.717, 1.165) is 5.56 Å². The van der Waals surface area contributed by atoms with Crippen LogP contribution in [-0.4, -0.2) is 39.2 Å². The fourth-order valence-corrected chi connectivity index (χ4v) is 2.68. The maximum Gasteiger partial charge on any atom is 0.387 e. The number of hydrogen-bond acceptors (Lipinski definition) is 7. The van der Waals surface area contributed by atoms with Crippen LogP contribution >= 0.6 is 0 Å². The molecule has 1 aromatic carbocycles. The van der Waals surface area contributed by atoms with Crippen molar-refractivity contribution < 1.29 is 28.2 Å². The van der Waals surface area contributed by atoms with Gasteiger partial charge in [0.25, 0.3) is 5.88 Å². The lowest BCUT2D eigenvalue weighted by Gasteiger charge is -2.25. The number of hydrogen-bond donors (Lipinski definition) is 1. The molecule has 0 atom stereocenters. The van der Waals surface area contributed by atoms with Crippen LogP contribution in [0.2, 0.25) is 0 Å². The fourth-order valence-electron chi connectivity index (χ4n) is 2.68. The summed E-state index contributed by atoms with van der Waals surface area (Å²) in [5.41, 5.74) is 1.51. The van der Waals surface area contributed by atoms with E-state index in [-0.39, 0.29) is 23.8 Å². The summed E-state index contributed by atoms with van der Waals surface area (Å²) < 4.78 is 35.2.